The van der Waals surface area contributed by atoms with Crippen LogP contribution in [0.4, 0.5) is 0 Å². The molecule has 3 heteroatoms. The average Bonchev–Trinajstić information content (AvgIpc) is 2.63. The topological polar surface area (TPSA) is 64.7 Å². The standard InChI is InChI=1S/C20H16N2O/c21-13-20(14-22)18(15-7-3-1-4-8-15)11-17(23)12-19(20)16-9-5-2-6-10-16/h1-10,18-19H,11-12H2/t18-,19-/m1/s1. The van der Waals surface area contributed by atoms with Gasteiger partial charge in [0.05, 0.1) is 12.1 Å². The normalized spacial score (nSPS) is 22.8. The zero-order valence-electron chi connectivity index (χ0n) is 12.6. The highest BCUT2D eigenvalue weighted by atomic mass is 16.1. The average molecular weight is 300 g/mol. The maximum absolute atomic E-state index is 12.3. The summed E-state index contributed by atoms with van der Waals surface area (Å²) in [6.07, 6.45) is 0.489. The van der Waals surface area contributed by atoms with Crippen molar-refractivity contribution in [3.63, 3.8) is 0 Å². The molecule has 0 spiro atoms. The molecule has 0 bridgehead atoms. The molecule has 2 aromatic rings. The zero-order chi connectivity index (χ0) is 16.3. The molecule has 1 aliphatic carbocycles. The summed E-state index contributed by atoms with van der Waals surface area (Å²) in [6, 6.07) is 23.4. The summed E-state index contributed by atoms with van der Waals surface area (Å²) in [6.45, 7) is 0. The molecule has 1 saturated carbocycles. The van der Waals surface area contributed by atoms with E-state index in [4.69, 9.17) is 0 Å². The molecule has 23 heavy (non-hydrogen) atoms. The zero-order valence-corrected chi connectivity index (χ0v) is 12.6. The molecule has 0 unspecified atom stereocenters. The van der Waals surface area contributed by atoms with Gasteiger partial charge in [-0.05, 0) is 11.1 Å². The quantitative estimate of drug-likeness (QED) is 0.843. The van der Waals surface area contributed by atoms with E-state index in [-0.39, 0.29) is 18.6 Å². The predicted octanol–water partition coefficient (Wildman–Crippen LogP) is 3.95. The molecule has 3 rings (SSSR count). The van der Waals surface area contributed by atoms with Crippen molar-refractivity contribution < 1.29 is 4.79 Å². The molecule has 0 saturated heterocycles. The van der Waals surface area contributed by atoms with Crippen molar-refractivity contribution in [3.05, 3.63) is 71.8 Å². The second-order valence-corrected chi connectivity index (χ2v) is 5.97. The highest BCUT2D eigenvalue weighted by Gasteiger charge is 2.52. The van der Waals surface area contributed by atoms with Gasteiger partial charge in [-0.25, -0.2) is 0 Å². The van der Waals surface area contributed by atoms with Crippen molar-refractivity contribution in [3.8, 4) is 12.1 Å². The Labute approximate surface area is 135 Å². The van der Waals surface area contributed by atoms with Crippen molar-refractivity contribution in [2.24, 2.45) is 5.41 Å². The van der Waals surface area contributed by atoms with Crippen LogP contribution in [-0.2, 0) is 4.79 Å². The Morgan fingerprint density at radius 3 is 1.52 bits per heavy atom. The van der Waals surface area contributed by atoms with Crippen molar-refractivity contribution in [1.82, 2.24) is 0 Å². The van der Waals surface area contributed by atoms with E-state index in [0.29, 0.717) is 0 Å². The third-order valence-electron chi connectivity index (χ3n) is 4.74. The molecule has 1 aliphatic rings. The Balaban J connectivity index is 2.15. The molecule has 0 aliphatic heterocycles. The van der Waals surface area contributed by atoms with Crippen LogP contribution in [0.15, 0.2) is 60.7 Å². The lowest BCUT2D eigenvalue weighted by molar-refractivity contribution is -0.122. The van der Waals surface area contributed by atoms with Crippen molar-refractivity contribution in [2.45, 2.75) is 24.7 Å². The number of benzene rings is 2. The Morgan fingerprint density at radius 1 is 0.783 bits per heavy atom. The van der Waals surface area contributed by atoms with E-state index >= 15 is 0 Å². The number of Topliss-reactive ketones (excluding diaryl/α,β-unsaturated/α-hetero) is 1. The first kappa shape index (κ1) is 15.0. The number of ketones is 1. The number of nitrogens with zero attached hydrogens (tertiary/aromatic N) is 2. The number of carbonyl (C=O) groups is 1. The third-order valence-corrected chi connectivity index (χ3v) is 4.74. The fourth-order valence-electron chi connectivity index (χ4n) is 3.57. The van der Waals surface area contributed by atoms with Crippen LogP contribution in [0.3, 0.4) is 0 Å². The van der Waals surface area contributed by atoms with Crippen LogP contribution >= 0.6 is 0 Å². The molecular weight excluding hydrogens is 284 g/mol. The minimum absolute atomic E-state index is 0.105. The summed E-state index contributed by atoms with van der Waals surface area (Å²) in [5, 5.41) is 19.8. The first-order valence-electron chi connectivity index (χ1n) is 7.65. The summed E-state index contributed by atoms with van der Waals surface area (Å²) in [4.78, 5) is 12.3. The first-order valence-corrected chi connectivity index (χ1v) is 7.65. The van der Waals surface area contributed by atoms with Gasteiger partial charge in [-0.1, -0.05) is 60.7 Å². The van der Waals surface area contributed by atoms with E-state index in [1.807, 2.05) is 60.7 Å². The molecule has 1 fully saturated rings. The minimum Gasteiger partial charge on any atom is -0.300 e. The highest BCUT2D eigenvalue weighted by Crippen LogP contribution is 2.53. The predicted molar refractivity (Wildman–Crippen MR) is 86.3 cm³/mol. The number of carbonyl (C=O) groups excluding carboxylic acids is 1. The fraction of sp³-hybridized carbons (Fsp3) is 0.250. The van der Waals surface area contributed by atoms with Crippen molar-refractivity contribution in [1.29, 1.82) is 10.5 Å². The molecule has 0 amide bonds. The molecule has 0 heterocycles. The summed E-state index contributed by atoms with van der Waals surface area (Å²) in [5.74, 6) is -0.691. The Bertz CT molecular complexity index is 716. The summed E-state index contributed by atoms with van der Waals surface area (Å²) < 4.78 is 0. The number of hydrogen-bond donors (Lipinski definition) is 0. The lowest BCUT2D eigenvalue weighted by atomic mass is 9.57. The highest BCUT2D eigenvalue weighted by molar-refractivity contribution is 5.82. The molecule has 3 nitrogen and oxygen atoms in total. The van der Waals surface area contributed by atoms with Crippen molar-refractivity contribution >= 4 is 5.78 Å². The first-order chi connectivity index (χ1) is 11.2. The maximum Gasteiger partial charge on any atom is 0.158 e. The van der Waals surface area contributed by atoms with Gasteiger partial charge in [-0.15, -0.1) is 0 Å². The van der Waals surface area contributed by atoms with E-state index in [9.17, 15) is 15.3 Å². The van der Waals surface area contributed by atoms with Crippen LogP contribution in [0, 0.1) is 28.1 Å². The Kier molecular flexibility index (Phi) is 3.96. The summed E-state index contributed by atoms with van der Waals surface area (Å²) >= 11 is 0. The lowest BCUT2D eigenvalue weighted by Gasteiger charge is -2.40. The number of hydrogen-bond acceptors (Lipinski definition) is 3. The SMILES string of the molecule is N#CC1(C#N)[C@@H](c2ccccc2)CC(=O)C[C@@H]1c1ccccc1. The second kappa shape index (κ2) is 6.07. The largest absolute Gasteiger partial charge is 0.300 e. The van der Waals surface area contributed by atoms with Crippen LogP contribution in [-0.4, -0.2) is 5.78 Å². The third kappa shape index (κ3) is 2.51. The molecular formula is C20H16N2O. The minimum atomic E-state index is -1.23. The summed E-state index contributed by atoms with van der Waals surface area (Å²) in [7, 11) is 0. The molecule has 0 N–H and O–H groups in total. The van der Waals surface area contributed by atoms with Crippen LogP contribution in [0.1, 0.15) is 35.8 Å². The van der Waals surface area contributed by atoms with Gasteiger partial charge >= 0.3 is 0 Å². The Hall–Kier alpha value is -2.91. The molecule has 2 atom stereocenters. The smallest absolute Gasteiger partial charge is 0.158 e. The van der Waals surface area contributed by atoms with Gasteiger partial charge in [0.2, 0.25) is 0 Å². The lowest BCUT2D eigenvalue weighted by Crippen LogP contribution is -2.39. The van der Waals surface area contributed by atoms with E-state index < -0.39 is 17.3 Å². The van der Waals surface area contributed by atoms with Crippen LogP contribution < -0.4 is 0 Å². The van der Waals surface area contributed by atoms with Gasteiger partial charge in [0.15, 0.2) is 5.41 Å². The number of nitriles is 2. The van der Waals surface area contributed by atoms with Crippen LogP contribution in [0.2, 0.25) is 0 Å². The van der Waals surface area contributed by atoms with Crippen LogP contribution in [0.5, 0.6) is 0 Å². The van der Waals surface area contributed by atoms with E-state index in [1.165, 1.54) is 0 Å². The van der Waals surface area contributed by atoms with E-state index in [1.54, 1.807) is 0 Å². The van der Waals surface area contributed by atoms with E-state index in [0.717, 1.165) is 11.1 Å². The van der Waals surface area contributed by atoms with Gasteiger partial charge in [0.1, 0.15) is 5.78 Å². The summed E-state index contributed by atoms with van der Waals surface area (Å²) in [5.41, 5.74) is 0.533. The molecule has 0 radical (unpaired) electrons. The molecule has 0 aromatic heterocycles. The van der Waals surface area contributed by atoms with Gasteiger partial charge < -0.3 is 0 Å². The monoisotopic (exact) mass is 300 g/mol. The van der Waals surface area contributed by atoms with Gasteiger partial charge in [-0.3, -0.25) is 4.79 Å². The van der Waals surface area contributed by atoms with E-state index in [2.05, 4.69) is 12.1 Å². The Morgan fingerprint density at radius 2 is 1.17 bits per heavy atom. The van der Waals surface area contributed by atoms with Crippen LogP contribution in [0.25, 0.3) is 0 Å². The van der Waals surface area contributed by atoms with Crippen molar-refractivity contribution in [2.75, 3.05) is 0 Å². The fourth-order valence-corrected chi connectivity index (χ4v) is 3.57. The number of rotatable bonds is 2. The molecule has 2 aromatic carbocycles. The van der Waals surface area contributed by atoms with Gasteiger partial charge in [0, 0.05) is 24.7 Å². The molecule has 112 valence electrons. The second-order valence-electron chi connectivity index (χ2n) is 5.97. The van der Waals surface area contributed by atoms with Gasteiger partial charge in [-0.2, -0.15) is 10.5 Å². The maximum atomic E-state index is 12.3. The van der Waals surface area contributed by atoms with Gasteiger partial charge in [0.25, 0.3) is 0 Å².